The quantitative estimate of drug-likeness (QED) is 0.673. The molecule has 0 heterocycles. The maximum absolute atomic E-state index is 12.5. The second kappa shape index (κ2) is 3.55. The summed E-state index contributed by atoms with van der Waals surface area (Å²) in [7, 11) is 0. The third-order valence-corrected chi connectivity index (χ3v) is 1.77. The number of benzene rings is 1. The second-order valence-electron chi connectivity index (χ2n) is 2.05. The first-order valence-corrected chi connectivity index (χ1v) is 4.12. The van der Waals surface area contributed by atoms with Crippen molar-refractivity contribution < 1.29 is 17.9 Å². The van der Waals surface area contributed by atoms with E-state index in [4.69, 9.17) is 4.55 Å². The summed E-state index contributed by atoms with van der Waals surface area (Å²) in [5.74, 6) is -0.605. The van der Waals surface area contributed by atoms with Gasteiger partial charge in [-0.05, 0) is 12.1 Å². The van der Waals surface area contributed by atoms with Crippen LogP contribution in [0.25, 0.3) is 0 Å². The Labute approximate surface area is 70.5 Å². The predicted octanol–water partition coefficient (Wildman–Crippen LogP) is 1.19. The van der Waals surface area contributed by atoms with E-state index < -0.39 is 22.0 Å². The highest BCUT2D eigenvalue weighted by atomic mass is 32.2. The molecule has 0 radical (unpaired) electrons. The van der Waals surface area contributed by atoms with Gasteiger partial charge in [-0.25, -0.2) is 8.60 Å². The highest BCUT2D eigenvalue weighted by Gasteiger charge is 2.11. The summed E-state index contributed by atoms with van der Waals surface area (Å²) < 4.78 is 31.1. The molecule has 1 aromatic rings. The Hall–Kier alpha value is -1.07. The number of hydrogen-bond donors (Lipinski definition) is 1. The molecule has 12 heavy (non-hydrogen) atoms. The van der Waals surface area contributed by atoms with E-state index in [-0.39, 0.29) is 5.56 Å². The molecule has 5 heteroatoms. The van der Waals surface area contributed by atoms with Crippen molar-refractivity contribution in [3.8, 4) is 0 Å². The molecule has 0 amide bonds. The summed E-state index contributed by atoms with van der Waals surface area (Å²) in [5, 5.41) is -0.991. The number of halogens is 1. The summed E-state index contributed by atoms with van der Waals surface area (Å²) in [6.07, 6.45) is 0. The minimum absolute atomic E-state index is 0.101. The fourth-order valence-corrected chi connectivity index (χ4v) is 1.04. The maximum atomic E-state index is 12.5. The van der Waals surface area contributed by atoms with E-state index in [0.29, 0.717) is 0 Å². The Kier molecular flexibility index (Phi) is 2.67. The molecule has 64 valence electrons. The van der Waals surface area contributed by atoms with Gasteiger partial charge in [-0.2, -0.15) is 0 Å². The SMILES string of the molecule is O=C(c1cccc(F)c1)S(=O)O. The van der Waals surface area contributed by atoms with Crippen molar-refractivity contribution in [3.63, 3.8) is 0 Å². The lowest BCUT2D eigenvalue weighted by molar-refractivity contribution is 0.107. The normalized spacial score (nSPS) is 12.5. The Morgan fingerprint density at radius 2 is 2.17 bits per heavy atom. The van der Waals surface area contributed by atoms with Gasteiger partial charge in [-0.3, -0.25) is 9.35 Å². The minimum Gasteiger partial charge on any atom is -0.300 e. The summed E-state index contributed by atoms with van der Waals surface area (Å²) in [6, 6.07) is 4.64. The number of carbonyl (C=O) groups excluding carboxylic acids is 1. The lowest BCUT2D eigenvalue weighted by atomic mass is 10.2. The highest BCUT2D eigenvalue weighted by molar-refractivity contribution is 7.95. The number of hydrogen-bond acceptors (Lipinski definition) is 2. The monoisotopic (exact) mass is 188 g/mol. The van der Waals surface area contributed by atoms with Gasteiger partial charge < -0.3 is 0 Å². The van der Waals surface area contributed by atoms with Crippen LogP contribution in [0.3, 0.4) is 0 Å². The molecule has 0 saturated heterocycles. The van der Waals surface area contributed by atoms with Crippen LogP contribution >= 0.6 is 0 Å². The van der Waals surface area contributed by atoms with Crippen LogP contribution in [0.5, 0.6) is 0 Å². The maximum Gasteiger partial charge on any atom is 0.276 e. The Morgan fingerprint density at radius 1 is 1.50 bits per heavy atom. The van der Waals surface area contributed by atoms with Crippen molar-refractivity contribution in [2.75, 3.05) is 0 Å². The first-order valence-electron chi connectivity index (χ1n) is 3.02. The summed E-state index contributed by atoms with van der Waals surface area (Å²) in [4.78, 5) is 10.8. The molecule has 1 atom stereocenters. The van der Waals surface area contributed by atoms with E-state index in [1.54, 1.807) is 0 Å². The largest absolute Gasteiger partial charge is 0.300 e. The minimum atomic E-state index is -2.58. The first-order chi connectivity index (χ1) is 5.61. The molecule has 0 aliphatic heterocycles. The van der Waals surface area contributed by atoms with E-state index in [0.717, 1.165) is 12.1 Å². The molecule has 0 spiro atoms. The van der Waals surface area contributed by atoms with Gasteiger partial charge in [0.1, 0.15) is 5.82 Å². The van der Waals surface area contributed by atoms with Gasteiger partial charge in [0.05, 0.1) is 0 Å². The van der Waals surface area contributed by atoms with E-state index >= 15 is 0 Å². The van der Waals surface area contributed by atoms with Gasteiger partial charge >= 0.3 is 0 Å². The molecule has 1 rings (SSSR count). The van der Waals surface area contributed by atoms with Gasteiger partial charge in [-0.1, -0.05) is 12.1 Å². The van der Waals surface area contributed by atoms with Gasteiger partial charge in [0, 0.05) is 5.56 Å². The van der Waals surface area contributed by atoms with E-state index in [9.17, 15) is 13.4 Å². The molecule has 1 N–H and O–H groups in total. The van der Waals surface area contributed by atoms with Crippen molar-refractivity contribution >= 4 is 16.2 Å². The topological polar surface area (TPSA) is 54.4 Å². The van der Waals surface area contributed by atoms with E-state index in [2.05, 4.69) is 0 Å². The van der Waals surface area contributed by atoms with Crippen LogP contribution in [0.15, 0.2) is 24.3 Å². The van der Waals surface area contributed by atoms with Crippen LogP contribution in [0.2, 0.25) is 0 Å². The lowest BCUT2D eigenvalue weighted by Gasteiger charge is -1.94. The van der Waals surface area contributed by atoms with Crippen LogP contribution < -0.4 is 0 Å². The summed E-state index contributed by atoms with van der Waals surface area (Å²) in [5.41, 5.74) is -0.101. The molecule has 0 bridgehead atoms. The summed E-state index contributed by atoms with van der Waals surface area (Å²) in [6.45, 7) is 0. The molecule has 0 aromatic heterocycles. The fourth-order valence-electron chi connectivity index (χ4n) is 0.716. The molecule has 0 aliphatic rings. The Morgan fingerprint density at radius 3 is 2.67 bits per heavy atom. The van der Waals surface area contributed by atoms with Crippen LogP contribution in [0.4, 0.5) is 4.39 Å². The number of carbonyl (C=O) groups is 1. The molecule has 0 aliphatic carbocycles. The Bertz CT molecular complexity index is 337. The smallest absolute Gasteiger partial charge is 0.276 e. The average molecular weight is 188 g/mol. The fraction of sp³-hybridized carbons (Fsp3) is 0. The third kappa shape index (κ3) is 1.96. The molecule has 1 aromatic carbocycles. The molecular formula is C7H5FO3S. The zero-order valence-corrected chi connectivity index (χ0v) is 6.68. The van der Waals surface area contributed by atoms with E-state index in [1.165, 1.54) is 12.1 Å². The van der Waals surface area contributed by atoms with Crippen LogP contribution in [-0.4, -0.2) is 13.9 Å². The van der Waals surface area contributed by atoms with Crippen molar-refractivity contribution in [1.82, 2.24) is 0 Å². The van der Waals surface area contributed by atoms with Crippen LogP contribution in [0, 0.1) is 5.82 Å². The van der Waals surface area contributed by atoms with E-state index in [1.807, 2.05) is 0 Å². The lowest BCUT2D eigenvalue weighted by Crippen LogP contribution is -2.05. The van der Waals surface area contributed by atoms with Crippen LogP contribution in [0.1, 0.15) is 10.4 Å². The second-order valence-corrected chi connectivity index (χ2v) is 2.92. The van der Waals surface area contributed by atoms with Crippen molar-refractivity contribution in [3.05, 3.63) is 35.6 Å². The standard InChI is InChI=1S/C7H5FO3S/c8-6-3-1-2-5(4-6)7(9)12(10)11/h1-4H,(H,10,11). The zero-order valence-electron chi connectivity index (χ0n) is 5.86. The van der Waals surface area contributed by atoms with Crippen molar-refractivity contribution in [2.45, 2.75) is 0 Å². The van der Waals surface area contributed by atoms with Crippen molar-refractivity contribution in [1.29, 1.82) is 0 Å². The van der Waals surface area contributed by atoms with Gasteiger partial charge in [0.15, 0.2) is 0 Å². The van der Waals surface area contributed by atoms with Crippen LogP contribution in [-0.2, 0) is 11.1 Å². The average Bonchev–Trinajstić information content (AvgIpc) is 2.03. The molecule has 0 fully saturated rings. The van der Waals surface area contributed by atoms with Gasteiger partial charge in [-0.15, -0.1) is 0 Å². The highest BCUT2D eigenvalue weighted by Crippen LogP contribution is 2.05. The zero-order chi connectivity index (χ0) is 9.14. The molecule has 1 unspecified atom stereocenters. The first kappa shape index (κ1) is 9.02. The Balaban J connectivity index is 3.04. The number of rotatable bonds is 1. The van der Waals surface area contributed by atoms with Gasteiger partial charge in [0.25, 0.3) is 5.12 Å². The van der Waals surface area contributed by atoms with Gasteiger partial charge in [0.2, 0.25) is 11.1 Å². The summed E-state index contributed by atoms with van der Waals surface area (Å²) >= 11 is -2.58. The third-order valence-electron chi connectivity index (χ3n) is 1.22. The molecular weight excluding hydrogens is 183 g/mol. The predicted molar refractivity (Wildman–Crippen MR) is 41.5 cm³/mol. The van der Waals surface area contributed by atoms with Crippen molar-refractivity contribution in [2.24, 2.45) is 0 Å². The molecule has 3 nitrogen and oxygen atoms in total. The molecule has 0 saturated carbocycles.